The third-order valence-electron chi connectivity index (χ3n) is 5.72. The normalized spacial score (nSPS) is 84.2. The van der Waals surface area contributed by atoms with Gasteiger partial charge in [-0.1, -0.05) is 0 Å². The average Bonchev–Trinajstić information content (AvgIpc) is 2.40. The number of ketones is 1. The Hall–Kier alpha value is -0.330. The molecule has 6 saturated carbocycles. The van der Waals surface area contributed by atoms with Gasteiger partial charge in [-0.3, -0.25) is 4.79 Å². The number of hydrogen-bond acceptors (Lipinski definition) is 1. The van der Waals surface area contributed by atoms with Crippen molar-refractivity contribution in [2.45, 2.75) is 6.42 Å². The average molecular weight is 146 g/mol. The summed E-state index contributed by atoms with van der Waals surface area (Å²) < 4.78 is 0. The molecule has 1 heteroatoms. The first kappa shape index (κ1) is 4.64. The molecule has 56 valence electrons. The van der Waals surface area contributed by atoms with E-state index in [9.17, 15) is 4.79 Å². The number of rotatable bonds is 0. The van der Waals surface area contributed by atoms with Crippen LogP contribution in [0.2, 0.25) is 0 Å². The number of carbonyl (C=O) groups is 1. The van der Waals surface area contributed by atoms with E-state index in [0.29, 0.717) is 17.6 Å². The summed E-state index contributed by atoms with van der Waals surface area (Å²) >= 11 is 0. The topological polar surface area (TPSA) is 17.1 Å². The Morgan fingerprint density at radius 3 is 2.36 bits per heavy atom. The molecular weight excluding hydrogens is 136 g/mol. The Labute approximate surface area is 65.2 Å². The first-order valence-corrected chi connectivity index (χ1v) is 4.93. The van der Waals surface area contributed by atoms with Crippen molar-refractivity contribution >= 4 is 5.78 Å². The van der Waals surface area contributed by atoms with E-state index >= 15 is 0 Å². The molecule has 0 aromatic carbocycles. The van der Waals surface area contributed by atoms with Crippen LogP contribution in [0.1, 0.15) is 6.42 Å². The molecule has 0 unspecified atom stereocenters. The maximum Gasteiger partial charge on any atom is 0.140 e. The molecular formula is C10H10O. The van der Waals surface area contributed by atoms with E-state index in [1.807, 2.05) is 0 Å². The van der Waals surface area contributed by atoms with Gasteiger partial charge in [0, 0.05) is 11.8 Å². The minimum Gasteiger partial charge on any atom is -0.299 e. The predicted molar refractivity (Wildman–Crippen MR) is 37.5 cm³/mol. The fourth-order valence-electron chi connectivity index (χ4n) is 5.83. The molecule has 6 aliphatic carbocycles. The van der Waals surface area contributed by atoms with Crippen molar-refractivity contribution in [3.63, 3.8) is 0 Å². The molecule has 0 aromatic rings. The van der Waals surface area contributed by atoms with Crippen LogP contribution in [0.25, 0.3) is 0 Å². The Bertz CT molecular complexity index is 304. The van der Waals surface area contributed by atoms with Gasteiger partial charge in [0.1, 0.15) is 5.78 Å². The SMILES string of the molecule is O=C1[C@H]2[C@@H]3[C@H]4[C@H]5C[C@H]([C@H]1[C@H]53)[C@H]24. The number of Topliss-reactive ketones (excluding diaryl/α,β-unsaturated/α-hetero) is 1. The third kappa shape index (κ3) is 0.213. The van der Waals surface area contributed by atoms with Crippen LogP contribution >= 0.6 is 0 Å². The van der Waals surface area contributed by atoms with Gasteiger partial charge in [0.25, 0.3) is 0 Å². The molecule has 1 nitrogen and oxygen atoms in total. The minimum atomic E-state index is 0.602. The predicted octanol–water partition coefficient (Wildman–Crippen LogP) is 0.943. The molecule has 0 N–H and O–H groups in total. The molecule has 4 bridgehead atoms. The summed E-state index contributed by atoms with van der Waals surface area (Å²) in [7, 11) is 0. The molecule has 6 aliphatic rings. The highest BCUT2D eigenvalue weighted by Crippen LogP contribution is 2.87. The van der Waals surface area contributed by atoms with E-state index < -0.39 is 0 Å². The molecule has 0 aromatic heterocycles. The van der Waals surface area contributed by atoms with Crippen molar-refractivity contribution in [1.29, 1.82) is 0 Å². The van der Waals surface area contributed by atoms with Crippen LogP contribution in [-0.4, -0.2) is 5.78 Å². The lowest BCUT2D eigenvalue weighted by Gasteiger charge is -2.62. The zero-order chi connectivity index (χ0) is 6.90. The fraction of sp³-hybridized carbons (Fsp3) is 0.900. The van der Waals surface area contributed by atoms with Crippen molar-refractivity contribution in [3.05, 3.63) is 0 Å². The van der Waals surface area contributed by atoms with Gasteiger partial charge in [-0.2, -0.15) is 0 Å². The molecule has 8 atom stereocenters. The van der Waals surface area contributed by atoms with Crippen LogP contribution in [0.4, 0.5) is 0 Å². The second-order valence-corrected chi connectivity index (χ2v) is 5.33. The van der Waals surface area contributed by atoms with Crippen LogP contribution in [0.15, 0.2) is 0 Å². The van der Waals surface area contributed by atoms with Crippen molar-refractivity contribution in [2.75, 3.05) is 0 Å². The van der Waals surface area contributed by atoms with E-state index in [1.165, 1.54) is 6.42 Å². The molecule has 0 heterocycles. The van der Waals surface area contributed by atoms with E-state index in [2.05, 4.69) is 0 Å². The number of carbonyl (C=O) groups excluding carboxylic acids is 1. The highest BCUT2D eigenvalue weighted by atomic mass is 16.1. The molecule has 6 rings (SSSR count). The molecule has 0 amide bonds. The molecule has 0 saturated heterocycles. The van der Waals surface area contributed by atoms with Crippen LogP contribution in [-0.2, 0) is 4.79 Å². The summed E-state index contributed by atoms with van der Waals surface area (Å²) in [4.78, 5) is 11.7. The summed E-state index contributed by atoms with van der Waals surface area (Å²) in [5.41, 5.74) is 0. The summed E-state index contributed by atoms with van der Waals surface area (Å²) in [6, 6.07) is 0. The van der Waals surface area contributed by atoms with Gasteiger partial charge in [0.05, 0.1) is 0 Å². The fourth-order valence-corrected chi connectivity index (χ4v) is 5.83. The van der Waals surface area contributed by atoms with Gasteiger partial charge >= 0.3 is 0 Å². The van der Waals surface area contributed by atoms with E-state index in [0.717, 1.165) is 35.5 Å². The van der Waals surface area contributed by atoms with Gasteiger partial charge in [0.15, 0.2) is 0 Å². The standard InChI is InChI=1S/C10H10O/c11-10-7-3-1-2-4-5(3)9(10)8(4)6(2)7/h2-9H,1H2/t2-,3+,4+,5+,6+,7+,8-,9-/m1/s1. The highest BCUT2D eigenvalue weighted by Gasteiger charge is 2.87. The van der Waals surface area contributed by atoms with E-state index in [1.54, 1.807) is 0 Å². The van der Waals surface area contributed by atoms with Crippen molar-refractivity contribution in [3.8, 4) is 0 Å². The minimum absolute atomic E-state index is 0.602. The largest absolute Gasteiger partial charge is 0.299 e. The Kier molecular flexibility index (Phi) is 0.400. The van der Waals surface area contributed by atoms with E-state index in [-0.39, 0.29) is 0 Å². The lowest BCUT2D eigenvalue weighted by Crippen LogP contribution is -2.60. The molecule has 0 radical (unpaired) electrons. The maximum absolute atomic E-state index is 11.7. The third-order valence-corrected chi connectivity index (χ3v) is 5.72. The number of hydrogen-bond donors (Lipinski definition) is 0. The van der Waals surface area contributed by atoms with Crippen LogP contribution < -0.4 is 0 Å². The second kappa shape index (κ2) is 0.949. The summed E-state index contributed by atoms with van der Waals surface area (Å²) in [5, 5.41) is 0. The first-order valence-electron chi connectivity index (χ1n) is 4.93. The van der Waals surface area contributed by atoms with E-state index in [4.69, 9.17) is 0 Å². The lowest BCUT2D eigenvalue weighted by atomic mass is 9.41. The van der Waals surface area contributed by atoms with Gasteiger partial charge in [-0.25, -0.2) is 0 Å². The first-order chi connectivity index (χ1) is 5.39. The van der Waals surface area contributed by atoms with Gasteiger partial charge in [-0.15, -0.1) is 0 Å². The highest BCUT2D eigenvalue weighted by molar-refractivity contribution is 5.93. The zero-order valence-electron chi connectivity index (χ0n) is 6.23. The maximum atomic E-state index is 11.7. The monoisotopic (exact) mass is 146 g/mol. The summed E-state index contributed by atoms with van der Waals surface area (Å²) in [6.45, 7) is 0. The zero-order valence-corrected chi connectivity index (χ0v) is 6.23. The Morgan fingerprint density at radius 1 is 0.909 bits per heavy atom. The van der Waals surface area contributed by atoms with Crippen molar-refractivity contribution in [2.24, 2.45) is 47.3 Å². The summed E-state index contributed by atoms with van der Waals surface area (Å²) in [5.74, 6) is 7.70. The van der Waals surface area contributed by atoms with Gasteiger partial charge in [0.2, 0.25) is 0 Å². The molecule has 6 fully saturated rings. The summed E-state index contributed by atoms with van der Waals surface area (Å²) in [6.07, 6.45) is 1.45. The Morgan fingerprint density at radius 2 is 1.73 bits per heavy atom. The van der Waals surface area contributed by atoms with Crippen LogP contribution in [0.5, 0.6) is 0 Å². The second-order valence-electron chi connectivity index (χ2n) is 5.33. The Balaban J connectivity index is 1.94. The quantitative estimate of drug-likeness (QED) is 0.497. The smallest absolute Gasteiger partial charge is 0.140 e. The van der Waals surface area contributed by atoms with Crippen molar-refractivity contribution in [1.82, 2.24) is 0 Å². The van der Waals surface area contributed by atoms with Crippen LogP contribution in [0.3, 0.4) is 0 Å². The van der Waals surface area contributed by atoms with Crippen molar-refractivity contribution < 1.29 is 4.79 Å². The lowest BCUT2D eigenvalue weighted by molar-refractivity contribution is -0.170. The molecule has 11 heavy (non-hydrogen) atoms. The van der Waals surface area contributed by atoms with Gasteiger partial charge in [-0.05, 0) is 41.9 Å². The molecule has 0 spiro atoms. The van der Waals surface area contributed by atoms with Gasteiger partial charge < -0.3 is 0 Å². The molecule has 0 aliphatic heterocycles. The van der Waals surface area contributed by atoms with Crippen LogP contribution in [0, 0.1) is 47.3 Å².